The number of nitrogens with one attached hydrogen (secondary N) is 2. The number of aromatic nitrogens is 4. The maximum Gasteiger partial charge on any atom is 0.291 e. The smallest absolute Gasteiger partial charge is 0.291 e. The molecule has 0 aliphatic carbocycles. The van der Waals surface area contributed by atoms with Crippen molar-refractivity contribution in [2.75, 3.05) is 5.32 Å². The number of rotatable bonds is 8. The van der Waals surface area contributed by atoms with Gasteiger partial charge in [0, 0.05) is 39.6 Å². The average Bonchev–Trinajstić information content (AvgIpc) is 2.67. The number of alkyl halides is 2. The maximum absolute atomic E-state index is 12.5. The zero-order valence-electron chi connectivity index (χ0n) is 17.6. The van der Waals surface area contributed by atoms with E-state index in [1.807, 2.05) is 32.0 Å². The standard InChI is InChI=1S/C21H21F2N5O2S2/c1-11-10-12(2)25-20(24-11)31-15-6-4-14(5-7-15)27-17(29)9-8-16-13(3)26-21(28-18(16)30)32-19(22)23/h4-7,10,19H,8-9H2,1-3H3,(H,27,29)(H,26,28,30). The van der Waals surface area contributed by atoms with Crippen molar-refractivity contribution < 1.29 is 13.6 Å². The van der Waals surface area contributed by atoms with Crippen LogP contribution in [-0.2, 0) is 11.2 Å². The van der Waals surface area contributed by atoms with Gasteiger partial charge >= 0.3 is 0 Å². The number of thioether (sulfide) groups is 1. The third-order valence-electron chi connectivity index (χ3n) is 4.31. The minimum atomic E-state index is -2.67. The van der Waals surface area contributed by atoms with Crippen LogP contribution in [0.25, 0.3) is 0 Å². The van der Waals surface area contributed by atoms with E-state index in [1.54, 1.807) is 19.1 Å². The molecule has 0 aliphatic rings. The highest BCUT2D eigenvalue weighted by atomic mass is 32.2. The third-order valence-corrected chi connectivity index (χ3v) is 5.78. The fourth-order valence-electron chi connectivity index (χ4n) is 2.93. The van der Waals surface area contributed by atoms with Gasteiger partial charge in [-0.3, -0.25) is 9.59 Å². The Morgan fingerprint density at radius 1 is 1.09 bits per heavy atom. The van der Waals surface area contributed by atoms with E-state index in [-0.39, 0.29) is 35.7 Å². The van der Waals surface area contributed by atoms with Gasteiger partial charge < -0.3 is 10.3 Å². The van der Waals surface area contributed by atoms with Gasteiger partial charge in [-0.1, -0.05) is 0 Å². The fourth-order valence-corrected chi connectivity index (χ4v) is 4.30. The van der Waals surface area contributed by atoms with Gasteiger partial charge in [-0.2, -0.15) is 8.78 Å². The molecule has 1 amide bonds. The van der Waals surface area contributed by atoms with Crippen LogP contribution in [0.5, 0.6) is 0 Å². The second-order valence-electron chi connectivity index (χ2n) is 6.92. The first-order valence-electron chi connectivity index (χ1n) is 9.64. The Morgan fingerprint density at radius 3 is 2.34 bits per heavy atom. The molecule has 2 aromatic heterocycles. The summed E-state index contributed by atoms with van der Waals surface area (Å²) in [6.45, 7) is 5.40. The van der Waals surface area contributed by atoms with Crippen molar-refractivity contribution in [2.24, 2.45) is 0 Å². The van der Waals surface area contributed by atoms with Crippen LogP contribution in [0.4, 0.5) is 14.5 Å². The Labute approximate surface area is 191 Å². The summed E-state index contributed by atoms with van der Waals surface area (Å²) in [5.41, 5.74) is 2.54. The minimum absolute atomic E-state index is 0.0554. The van der Waals surface area contributed by atoms with E-state index in [0.29, 0.717) is 22.1 Å². The Morgan fingerprint density at radius 2 is 1.75 bits per heavy atom. The van der Waals surface area contributed by atoms with Crippen molar-refractivity contribution in [3.8, 4) is 0 Å². The zero-order valence-corrected chi connectivity index (χ0v) is 19.2. The molecule has 0 spiro atoms. The van der Waals surface area contributed by atoms with E-state index in [2.05, 4.69) is 25.3 Å². The highest BCUT2D eigenvalue weighted by molar-refractivity contribution is 7.99. The van der Waals surface area contributed by atoms with Gasteiger partial charge in [-0.25, -0.2) is 15.0 Å². The monoisotopic (exact) mass is 477 g/mol. The summed E-state index contributed by atoms with van der Waals surface area (Å²) in [5, 5.41) is 3.30. The highest BCUT2D eigenvalue weighted by Crippen LogP contribution is 2.26. The molecular weight excluding hydrogens is 456 g/mol. The van der Waals surface area contributed by atoms with Crippen molar-refractivity contribution in [1.29, 1.82) is 0 Å². The number of hydrogen-bond donors (Lipinski definition) is 2. The van der Waals surface area contributed by atoms with Crippen LogP contribution in [0.15, 0.2) is 50.3 Å². The van der Waals surface area contributed by atoms with Crippen molar-refractivity contribution in [3.63, 3.8) is 0 Å². The number of aromatic amines is 1. The summed E-state index contributed by atoms with van der Waals surface area (Å²) in [7, 11) is 0. The third kappa shape index (κ3) is 6.86. The minimum Gasteiger partial charge on any atom is -0.326 e. The van der Waals surface area contributed by atoms with E-state index >= 15 is 0 Å². The Bertz CT molecular complexity index is 1150. The number of H-pyrrole nitrogens is 1. The number of carbonyl (C=O) groups is 1. The van der Waals surface area contributed by atoms with Crippen LogP contribution in [0.2, 0.25) is 0 Å². The number of amides is 1. The van der Waals surface area contributed by atoms with Gasteiger partial charge in [0.05, 0.1) is 0 Å². The lowest BCUT2D eigenvalue weighted by Crippen LogP contribution is -2.20. The molecule has 2 N–H and O–H groups in total. The average molecular weight is 478 g/mol. The Hall–Kier alpha value is -2.79. The fraction of sp³-hybridized carbons (Fsp3) is 0.286. The molecule has 3 rings (SSSR count). The normalized spacial score (nSPS) is 11.1. The van der Waals surface area contributed by atoms with E-state index < -0.39 is 11.3 Å². The highest BCUT2D eigenvalue weighted by Gasteiger charge is 2.14. The number of benzene rings is 1. The van der Waals surface area contributed by atoms with E-state index in [1.165, 1.54) is 11.8 Å². The van der Waals surface area contributed by atoms with Crippen molar-refractivity contribution in [3.05, 3.63) is 63.3 Å². The topological polar surface area (TPSA) is 101 Å². The molecule has 0 bridgehead atoms. The Kier molecular flexibility index (Phi) is 7.97. The molecular formula is C21H21F2N5O2S2. The van der Waals surface area contributed by atoms with Crippen molar-refractivity contribution in [1.82, 2.24) is 19.9 Å². The van der Waals surface area contributed by atoms with E-state index in [0.717, 1.165) is 16.3 Å². The number of halogens is 2. The summed E-state index contributed by atoms with van der Waals surface area (Å²) in [5.74, 6) is -2.94. The van der Waals surface area contributed by atoms with E-state index in [4.69, 9.17) is 0 Å². The van der Waals surface area contributed by atoms with Gasteiger partial charge in [-0.05, 0) is 81.0 Å². The van der Waals surface area contributed by atoms with Crippen LogP contribution >= 0.6 is 23.5 Å². The largest absolute Gasteiger partial charge is 0.326 e. The number of carbonyl (C=O) groups excluding carboxylic acids is 1. The Balaban J connectivity index is 1.57. The molecule has 0 saturated heterocycles. The summed E-state index contributed by atoms with van der Waals surface area (Å²) in [6.07, 6.45) is 0.206. The van der Waals surface area contributed by atoms with Gasteiger partial charge in [0.1, 0.15) is 0 Å². The molecule has 0 saturated carbocycles. The predicted octanol–water partition coefficient (Wildman–Crippen LogP) is 4.52. The molecule has 0 atom stereocenters. The summed E-state index contributed by atoms with van der Waals surface area (Å²) < 4.78 is 24.9. The molecule has 0 fully saturated rings. The van der Waals surface area contributed by atoms with Gasteiger partial charge in [-0.15, -0.1) is 0 Å². The maximum atomic E-state index is 12.5. The first-order chi connectivity index (χ1) is 15.2. The van der Waals surface area contributed by atoms with Crippen LogP contribution < -0.4 is 10.9 Å². The first kappa shape index (κ1) is 23.9. The van der Waals surface area contributed by atoms with Crippen molar-refractivity contribution >= 4 is 35.1 Å². The molecule has 11 heteroatoms. The van der Waals surface area contributed by atoms with Crippen LogP contribution in [-0.4, -0.2) is 31.6 Å². The van der Waals surface area contributed by atoms with E-state index in [9.17, 15) is 18.4 Å². The lowest BCUT2D eigenvalue weighted by atomic mass is 10.1. The molecule has 0 radical (unpaired) electrons. The zero-order chi connectivity index (χ0) is 23.3. The van der Waals surface area contributed by atoms with Gasteiger partial charge in [0.2, 0.25) is 5.91 Å². The number of hydrogen-bond acceptors (Lipinski definition) is 7. The SMILES string of the molecule is Cc1cc(C)nc(Sc2ccc(NC(=O)CCc3c(C)nc(SC(F)F)[nH]c3=O)cc2)n1. The molecule has 2 heterocycles. The molecule has 1 aromatic carbocycles. The molecule has 0 unspecified atom stereocenters. The second-order valence-corrected chi connectivity index (χ2v) is 8.94. The lowest BCUT2D eigenvalue weighted by molar-refractivity contribution is -0.116. The van der Waals surface area contributed by atoms with Crippen LogP contribution in [0.3, 0.4) is 0 Å². The predicted molar refractivity (Wildman–Crippen MR) is 120 cm³/mol. The molecule has 32 heavy (non-hydrogen) atoms. The lowest BCUT2D eigenvalue weighted by Gasteiger charge is -2.08. The molecule has 7 nitrogen and oxygen atoms in total. The summed E-state index contributed by atoms with van der Waals surface area (Å²) in [6, 6.07) is 9.18. The van der Waals surface area contributed by atoms with Gasteiger partial charge in [0.25, 0.3) is 11.3 Å². The van der Waals surface area contributed by atoms with Crippen LogP contribution in [0, 0.1) is 20.8 Å². The number of nitrogens with zero attached hydrogens (tertiary/aromatic N) is 3. The molecule has 168 valence electrons. The quantitative estimate of drug-likeness (QED) is 0.363. The molecule has 3 aromatic rings. The van der Waals surface area contributed by atoms with Gasteiger partial charge in [0.15, 0.2) is 10.3 Å². The van der Waals surface area contributed by atoms with Crippen LogP contribution in [0.1, 0.15) is 29.1 Å². The number of aryl methyl sites for hydroxylation is 3. The first-order valence-corrected chi connectivity index (χ1v) is 11.3. The summed E-state index contributed by atoms with van der Waals surface area (Å²) in [4.78, 5) is 40.5. The molecule has 0 aliphatic heterocycles. The number of anilines is 1. The van der Waals surface area contributed by atoms with Crippen molar-refractivity contribution in [2.45, 2.75) is 54.6 Å². The second kappa shape index (κ2) is 10.7. The summed E-state index contributed by atoms with van der Waals surface area (Å²) >= 11 is 1.61.